The Hall–Kier alpha value is -1.34. The second-order valence-corrected chi connectivity index (χ2v) is 5.80. The number of alkyl halides is 1. The molecule has 7 heteroatoms. The van der Waals surface area contributed by atoms with Crippen molar-refractivity contribution in [1.82, 2.24) is 5.32 Å². The van der Waals surface area contributed by atoms with Crippen molar-refractivity contribution in [2.24, 2.45) is 0 Å². The van der Waals surface area contributed by atoms with Crippen LogP contribution in [-0.4, -0.2) is 30.1 Å². The fourth-order valence-corrected chi connectivity index (χ4v) is 1.98. The molecule has 0 aliphatic rings. The van der Waals surface area contributed by atoms with E-state index in [0.717, 1.165) is 0 Å². The summed E-state index contributed by atoms with van der Waals surface area (Å²) >= 11 is 0. The van der Waals surface area contributed by atoms with Gasteiger partial charge in [0, 0.05) is 18.6 Å². The van der Waals surface area contributed by atoms with E-state index in [-0.39, 0.29) is 25.5 Å². The van der Waals surface area contributed by atoms with E-state index in [1.54, 1.807) is 20.8 Å². The fourth-order valence-electron chi connectivity index (χ4n) is 1.98. The SMILES string of the molecule is CC(C)(C)OC(=O)N[C@@](CF)(CCO)c1ccccc1F.S. The Morgan fingerprint density at radius 2 is 1.91 bits per heavy atom. The summed E-state index contributed by atoms with van der Waals surface area (Å²) in [4.78, 5) is 11.9. The number of hydrogen-bond acceptors (Lipinski definition) is 3. The van der Waals surface area contributed by atoms with E-state index in [0.29, 0.717) is 0 Å². The second kappa shape index (κ2) is 8.33. The Bertz CT molecular complexity index is 494. The van der Waals surface area contributed by atoms with Crippen molar-refractivity contribution in [3.8, 4) is 0 Å². The number of carbonyl (C=O) groups excluding carboxylic acids is 1. The molecule has 1 atom stereocenters. The summed E-state index contributed by atoms with van der Waals surface area (Å²) in [5.41, 5.74) is -2.43. The molecule has 0 spiro atoms. The number of benzene rings is 1. The highest BCUT2D eigenvalue weighted by molar-refractivity contribution is 7.59. The van der Waals surface area contributed by atoms with Crippen LogP contribution in [0.4, 0.5) is 13.6 Å². The van der Waals surface area contributed by atoms with E-state index in [2.05, 4.69) is 5.32 Å². The third-order valence-corrected chi connectivity index (χ3v) is 2.90. The van der Waals surface area contributed by atoms with Crippen LogP contribution in [0.1, 0.15) is 32.8 Å². The van der Waals surface area contributed by atoms with Crippen molar-refractivity contribution in [2.75, 3.05) is 13.3 Å². The average Bonchev–Trinajstić information content (AvgIpc) is 2.36. The lowest BCUT2D eigenvalue weighted by Gasteiger charge is -2.33. The van der Waals surface area contributed by atoms with Crippen LogP contribution in [-0.2, 0) is 10.3 Å². The maximum atomic E-state index is 13.9. The topological polar surface area (TPSA) is 58.6 Å². The van der Waals surface area contributed by atoms with Gasteiger partial charge in [0.25, 0.3) is 0 Å². The number of aliphatic hydroxyl groups is 1. The minimum absolute atomic E-state index is 0. The van der Waals surface area contributed by atoms with Gasteiger partial charge in [0.2, 0.25) is 0 Å². The van der Waals surface area contributed by atoms with Crippen LogP contribution in [0.2, 0.25) is 0 Å². The van der Waals surface area contributed by atoms with Crippen LogP contribution in [0.25, 0.3) is 0 Å². The minimum Gasteiger partial charge on any atom is -0.444 e. The highest BCUT2D eigenvalue weighted by atomic mass is 32.1. The molecule has 0 aliphatic heterocycles. The molecule has 0 radical (unpaired) electrons. The van der Waals surface area contributed by atoms with Gasteiger partial charge in [-0.1, -0.05) is 18.2 Å². The Morgan fingerprint density at radius 3 is 2.36 bits per heavy atom. The van der Waals surface area contributed by atoms with Crippen LogP contribution in [0, 0.1) is 5.82 Å². The fraction of sp³-hybridized carbons (Fsp3) is 0.533. The van der Waals surface area contributed by atoms with E-state index in [9.17, 15) is 13.6 Å². The van der Waals surface area contributed by atoms with Gasteiger partial charge in [-0.05, 0) is 26.8 Å². The Morgan fingerprint density at radius 1 is 1.32 bits per heavy atom. The maximum Gasteiger partial charge on any atom is 0.408 e. The Labute approximate surface area is 136 Å². The molecule has 0 unspecified atom stereocenters. The minimum atomic E-state index is -1.65. The van der Waals surface area contributed by atoms with Gasteiger partial charge in [-0.2, -0.15) is 13.5 Å². The van der Waals surface area contributed by atoms with Crippen LogP contribution in [0.3, 0.4) is 0 Å². The first kappa shape index (κ1) is 20.7. The number of aliphatic hydroxyl groups excluding tert-OH is 1. The van der Waals surface area contributed by atoms with Crippen LogP contribution in [0.15, 0.2) is 24.3 Å². The summed E-state index contributed by atoms with van der Waals surface area (Å²) in [6, 6.07) is 5.56. The Balaban J connectivity index is 0.00000441. The first-order valence-corrected chi connectivity index (χ1v) is 6.67. The van der Waals surface area contributed by atoms with Crippen molar-refractivity contribution in [3.63, 3.8) is 0 Å². The van der Waals surface area contributed by atoms with E-state index in [4.69, 9.17) is 9.84 Å². The lowest BCUT2D eigenvalue weighted by molar-refractivity contribution is 0.0402. The monoisotopic (exact) mass is 335 g/mol. The number of rotatable bonds is 5. The van der Waals surface area contributed by atoms with Crippen LogP contribution < -0.4 is 5.32 Å². The quantitative estimate of drug-likeness (QED) is 0.870. The molecule has 1 rings (SSSR count). The molecule has 0 saturated carbocycles. The molecule has 2 N–H and O–H groups in total. The van der Waals surface area contributed by atoms with E-state index >= 15 is 0 Å². The summed E-state index contributed by atoms with van der Waals surface area (Å²) in [7, 11) is 0. The van der Waals surface area contributed by atoms with Gasteiger partial charge >= 0.3 is 6.09 Å². The van der Waals surface area contributed by atoms with Gasteiger partial charge in [0.05, 0.1) is 0 Å². The molecular formula is C15H23F2NO3S. The summed E-state index contributed by atoms with van der Waals surface area (Å²) < 4.78 is 32.6. The molecule has 0 fully saturated rings. The van der Waals surface area contributed by atoms with Crippen molar-refractivity contribution in [2.45, 2.75) is 38.3 Å². The summed E-state index contributed by atoms with van der Waals surface area (Å²) in [6.45, 7) is 3.53. The molecule has 1 amide bonds. The molecule has 0 saturated heterocycles. The molecule has 1 aromatic rings. The van der Waals surface area contributed by atoms with Crippen LogP contribution >= 0.6 is 13.5 Å². The highest BCUT2D eigenvalue weighted by Crippen LogP contribution is 2.28. The van der Waals surface area contributed by atoms with Crippen LogP contribution in [0.5, 0.6) is 0 Å². The lowest BCUT2D eigenvalue weighted by atomic mass is 9.87. The van der Waals surface area contributed by atoms with E-state index in [1.165, 1.54) is 24.3 Å². The average molecular weight is 335 g/mol. The molecule has 22 heavy (non-hydrogen) atoms. The molecule has 0 aliphatic carbocycles. The lowest BCUT2D eigenvalue weighted by Crippen LogP contribution is -2.50. The maximum absolute atomic E-state index is 13.9. The van der Waals surface area contributed by atoms with Crippen molar-refractivity contribution < 1.29 is 23.4 Å². The van der Waals surface area contributed by atoms with Gasteiger partial charge < -0.3 is 15.2 Å². The van der Waals surface area contributed by atoms with Gasteiger partial charge in [-0.25, -0.2) is 13.6 Å². The number of carbonyl (C=O) groups is 1. The smallest absolute Gasteiger partial charge is 0.408 e. The number of ether oxygens (including phenoxy) is 1. The second-order valence-electron chi connectivity index (χ2n) is 5.80. The third kappa shape index (κ3) is 5.46. The molecular weight excluding hydrogens is 312 g/mol. The molecule has 126 valence electrons. The van der Waals surface area contributed by atoms with E-state index < -0.39 is 36.3 Å². The van der Waals surface area contributed by atoms with Gasteiger partial charge in [-0.3, -0.25) is 0 Å². The molecule has 4 nitrogen and oxygen atoms in total. The zero-order valence-corrected chi connectivity index (χ0v) is 14.0. The summed E-state index contributed by atoms with van der Waals surface area (Å²) in [6.07, 6.45) is -1.03. The number of nitrogens with one attached hydrogen (secondary N) is 1. The third-order valence-electron chi connectivity index (χ3n) is 2.90. The normalized spacial score (nSPS) is 13.7. The zero-order chi connectivity index (χ0) is 16.1. The predicted octanol–water partition coefficient (Wildman–Crippen LogP) is 3.01. The molecule has 0 bridgehead atoms. The van der Waals surface area contributed by atoms with E-state index in [1.807, 2.05) is 0 Å². The largest absolute Gasteiger partial charge is 0.444 e. The van der Waals surface area contributed by atoms with Crippen molar-refractivity contribution in [3.05, 3.63) is 35.6 Å². The van der Waals surface area contributed by atoms with Gasteiger partial charge in [0.15, 0.2) is 0 Å². The standard InChI is InChI=1S/C15H21F2NO3.H2S/c1-14(2,3)21-13(20)18-15(10-16,8-9-19)11-6-4-5-7-12(11)17;/h4-7,19H,8-10H2,1-3H3,(H,18,20);1H2/t15-;/m1./s1. The number of amides is 1. The number of alkyl carbamates (subject to hydrolysis) is 1. The van der Waals surface area contributed by atoms with Crippen molar-refractivity contribution >= 4 is 19.6 Å². The summed E-state index contributed by atoms with van der Waals surface area (Å²) in [5, 5.41) is 11.5. The van der Waals surface area contributed by atoms with Crippen molar-refractivity contribution in [1.29, 1.82) is 0 Å². The molecule has 0 aromatic heterocycles. The van der Waals surface area contributed by atoms with Gasteiger partial charge in [0.1, 0.15) is 23.6 Å². The molecule has 0 heterocycles. The Kier molecular flexibility index (Phi) is 7.83. The first-order chi connectivity index (χ1) is 9.74. The van der Waals surface area contributed by atoms with Gasteiger partial charge in [-0.15, -0.1) is 0 Å². The predicted molar refractivity (Wildman–Crippen MR) is 85.5 cm³/mol. The molecule has 1 aromatic carbocycles. The first-order valence-electron chi connectivity index (χ1n) is 6.67. The summed E-state index contributed by atoms with van der Waals surface area (Å²) in [5.74, 6) is -0.653. The highest BCUT2D eigenvalue weighted by Gasteiger charge is 2.37. The zero-order valence-electron chi connectivity index (χ0n) is 13.0. The number of hydrogen-bond donors (Lipinski definition) is 2. The number of halogens is 2.